The summed E-state index contributed by atoms with van der Waals surface area (Å²) in [5.74, 6) is -0.728. The van der Waals surface area contributed by atoms with Crippen molar-refractivity contribution < 1.29 is 9.90 Å². The van der Waals surface area contributed by atoms with E-state index in [1.165, 1.54) is 0 Å². The lowest BCUT2D eigenvalue weighted by Crippen LogP contribution is -1.91. The lowest BCUT2D eigenvalue weighted by molar-refractivity contribution is -0.136. The van der Waals surface area contributed by atoms with Crippen LogP contribution in [-0.4, -0.2) is 11.1 Å². The third kappa shape index (κ3) is 12.7. The molecule has 0 aliphatic rings. The van der Waals surface area contributed by atoms with E-state index in [9.17, 15) is 4.79 Å². The van der Waals surface area contributed by atoms with Crippen molar-refractivity contribution in [1.29, 1.82) is 0 Å². The van der Waals surface area contributed by atoms with Gasteiger partial charge in [0.15, 0.2) is 0 Å². The van der Waals surface area contributed by atoms with Crippen LogP contribution < -0.4 is 0 Å². The molecule has 0 radical (unpaired) electrons. The maximum absolute atomic E-state index is 10.2. The van der Waals surface area contributed by atoms with Gasteiger partial charge in [0.2, 0.25) is 0 Å². The average Bonchev–Trinajstić information content (AvgIpc) is 2.25. The van der Waals surface area contributed by atoms with Crippen LogP contribution in [0.3, 0.4) is 0 Å². The number of unbranched alkanes of at least 4 members (excludes halogenated alkanes) is 2. The SMILES string of the molecule is CC=CCCC=CCCC=CCCC(=O)O. The Morgan fingerprint density at radius 1 is 0.875 bits per heavy atom. The molecule has 0 aliphatic carbocycles. The second kappa shape index (κ2) is 11.8. The van der Waals surface area contributed by atoms with Crippen LogP contribution in [0.4, 0.5) is 0 Å². The first-order valence-electron chi connectivity index (χ1n) is 5.90. The predicted octanol–water partition coefficient (Wildman–Crippen LogP) is 4.10. The van der Waals surface area contributed by atoms with Gasteiger partial charge < -0.3 is 5.11 Å². The van der Waals surface area contributed by atoms with Gasteiger partial charge in [-0.1, -0.05) is 36.5 Å². The van der Waals surface area contributed by atoms with E-state index in [0.29, 0.717) is 6.42 Å². The fourth-order valence-electron chi connectivity index (χ4n) is 1.23. The molecule has 0 bridgehead atoms. The van der Waals surface area contributed by atoms with Crippen LogP contribution in [0.5, 0.6) is 0 Å². The monoisotopic (exact) mass is 222 g/mol. The van der Waals surface area contributed by atoms with Crippen LogP contribution in [-0.2, 0) is 4.79 Å². The first-order valence-corrected chi connectivity index (χ1v) is 5.90. The van der Waals surface area contributed by atoms with E-state index in [0.717, 1.165) is 25.7 Å². The molecule has 2 heteroatoms. The summed E-state index contributed by atoms with van der Waals surface area (Å²) in [5.41, 5.74) is 0. The Kier molecular flexibility index (Phi) is 10.8. The number of rotatable bonds is 9. The number of hydrogen-bond acceptors (Lipinski definition) is 1. The second-order valence-corrected chi connectivity index (χ2v) is 3.60. The van der Waals surface area contributed by atoms with E-state index in [2.05, 4.69) is 30.4 Å². The van der Waals surface area contributed by atoms with Crippen molar-refractivity contribution in [3.8, 4) is 0 Å². The zero-order chi connectivity index (χ0) is 12.1. The molecule has 0 heterocycles. The number of carbonyl (C=O) groups is 1. The smallest absolute Gasteiger partial charge is 0.303 e. The molecule has 90 valence electrons. The van der Waals surface area contributed by atoms with Gasteiger partial charge in [0.1, 0.15) is 0 Å². The van der Waals surface area contributed by atoms with Gasteiger partial charge in [-0.25, -0.2) is 0 Å². The first kappa shape index (κ1) is 14.7. The van der Waals surface area contributed by atoms with Crippen molar-refractivity contribution in [3.63, 3.8) is 0 Å². The number of aliphatic carboxylic acids is 1. The molecular weight excluding hydrogens is 200 g/mol. The first-order chi connectivity index (χ1) is 7.77. The molecule has 0 saturated heterocycles. The number of allylic oxidation sites excluding steroid dienone is 6. The summed E-state index contributed by atoms with van der Waals surface area (Å²) in [6.07, 6.45) is 17.7. The molecule has 0 spiro atoms. The second-order valence-electron chi connectivity index (χ2n) is 3.60. The van der Waals surface area contributed by atoms with Crippen LogP contribution in [0, 0.1) is 0 Å². The van der Waals surface area contributed by atoms with Crippen LogP contribution in [0.1, 0.15) is 45.4 Å². The van der Waals surface area contributed by atoms with Crippen LogP contribution in [0.15, 0.2) is 36.5 Å². The Hall–Kier alpha value is -1.31. The van der Waals surface area contributed by atoms with Crippen molar-refractivity contribution in [2.24, 2.45) is 0 Å². The largest absolute Gasteiger partial charge is 0.481 e. The zero-order valence-electron chi connectivity index (χ0n) is 10.1. The molecule has 0 aromatic heterocycles. The van der Waals surface area contributed by atoms with Crippen molar-refractivity contribution in [3.05, 3.63) is 36.5 Å². The predicted molar refractivity (Wildman–Crippen MR) is 68.4 cm³/mol. The molecule has 0 saturated carbocycles. The minimum absolute atomic E-state index is 0.232. The van der Waals surface area contributed by atoms with Gasteiger partial charge in [-0.05, 0) is 39.0 Å². The lowest BCUT2D eigenvalue weighted by atomic mass is 10.2. The summed E-state index contributed by atoms with van der Waals surface area (Å²) in [7, 11) is 0. The summed E-state index contributed by atoms with van der Waals surface area (Å²) >= 11 is 0. The van der Waals surface area contributed by atoms with Gasteiger partial charge in [0.25, 0.3) is 0 Å². The molecule has 16 heavy (non-hydrogen) atoms. The topological polar surface area (TPSA) is 37.3 Å². The standard InChI is InChI=1S/C14H22O2/c1-2-3-4-5-6-7-8-9-10-11-12-13-14(15)16/h2-3,6-7,10-11H,4-5,8-9,12-13H2,1H3,(H,15,16). The number of carboxylic acids is 1. The summed E-state index contributed by atoms with van der Waals surface area (Å²) in [6, 6.07) is 0. The maximum atomic E-state index is 10.2. The van der Waals surface area contributed by atoms with Crippen molar-refractivity contribution >= 4 is 5.97 Å². The van der Waals surface area contributed by atoms with E-state index < -0.39 is 5.97 Å². The zero-order valence-corrected chi connectivity index (χ0v) is 10.1. The van der Waals surface area contributed by atoms with Gasteiger partial charge in [-0.3, -0.25) is 4.79 Å². The highest BCUT2D eigenvalue weighted by Crippen LogP contribution is 1.99. The van der Waals surface area contributed by atoms with Crippen LogP contribution in [0.2, 0.25) is 0 Å². The summed E-state index contributed by atoms with van der Waals surface area (Å²) in [5, 5.41) is 8.41. The Bertz CT molecular complexity index is 249. The van der Waals surface area contributed by atoms with E-state index in [1.807, 2.05) is 13.0 Å². The molecule has 1 N–H and O–H groups in total. The molecule has 0 aromatic rings. The molecular formula is C14H22O2. The molecule has 0 amide bonds. The molecule has 0 aromatic carbocycles. The van der Waals surface area contributed by atoms with Gasteiger partial charge in [0, 0.05) is 6.42 Å². The molecule has 0 rings (SSSR count). The Morgan fingerprint density at radius 2 is 1.31 bits per heavy atom. The minimum Gasteiger partial charge on any atom is -0.481 e. The van der Waals surface area contributed by atoms with E-state index >= 15 is 0 Å². The molecule has 0 fully saturated rings. The van der Waals surface area contributed by atoms with Gasteiger partial charge in [-0.2, -0.15) is 0 Å². The highest BCUT2D eigenvalue weighted by molar-refractivity contribution is 5.66. The quantitative estimate of drug-likeness (QED) is 0.471. The third-order valence-corrected chi connectivity index (χ3v) is 2.09. The van der Waals surface area contributed by atoms with E-state index in [4.69, 9.17) is 5.11 Å². The van der Waals surface area contributed by atoms with Crippen molar-refractivity contribution in [1.82, 2.24) is 0 Å². The summed E-state index contributed by atoms with van der Waals surface area (Å²) in [4.78, 5) is 10.2. The van der Waals surface area contributed by atoms with Gasteiger partial charge in [-0.15, -0.1) is 0 Å². The van der Waals surface area contributed by atoms with Crippen LogP contribution in [0.25, 0.3) is 0 Å². The Morgan fingerprint density at radius 3 is 1.75 bits per heavy atom. The average molecular weight is 222 g/mol. The molecule has 0 aliphatic heterocycles. The molecule has 0 atom stereocenters. The molecule has 2 nitrogen and oxygen atoms in total. The highest BCUT2D eigenvalue weighted by atomic mass is 16.4. The fourth-order valence-corrected chi connectivity index (χ4v) is 1.23. The highest BCUT2D eigenvalue weighted by Gasteiger charge is 1.90. The van der Waals surface area contributed by atoms with Crippen molar-refractivity contribution in [2.75, 3.05) is 0 Å². The van der Waals surface area contributed by atoms with Crippen molar-refractivity contribution in [2.45, 2.75) is 45.4 Å². The van der Waals surface area contributed by atoms with Crippen LogP contribution >= 0.6 is 0 Å². The summed E-state index contributed by atoms with van der Waals surface area (Å²) < 4.78 is 0. The third-order valence-electron chi connectivity index (χ3n) is 2.09. The molecule has 0 unspecified atom stereocenters. The van der Waals surface area contributed by atoms with E-state index in [1.54, 1.807) is 0 Å². The normalized spacial score (nSPS) is 12.1. The van der Waals surface area contributed by atoms with Gasteiger partial charge >= 0.3 is 5.97 Å². The summed E-state index contributed by atoms with van der Waals surface area (Å²) in [6.45, 7) is 2.03. The Balaban J connectivity index is 3.28. The van der Waals surface area contributed by atoms with Gasteiger partial charge in [0.05, 0.1) is 0 Å². The fraction of sp³-hybridized carbons (Fsp3) is 0.500. The number of hydrogen-bond donors (Lipinski definition) is 1. The lowest BCUT2D eigenvalue weighted by Gasteiger charge is -1.89. The minimum atomic E-state index is -0.728. The maximum Gasteiger partial charge on any atom is 0.303 e. The van der Waals surface area contributed by atoms with E-state index in [-0.39, 0.29) is 6.42 Å². The number of carboxylic acid groups (broad SMARTS) is 1. The Labute approximate surface area is 98.4 Å².